The summed E-state index contributed by atoms with van der Waals surface area (Å²) in [6.07, 6.45) is 1.88. The summed E-state index contributed by atoms with van der Waals surface area (Å²) >= 11 is 0. The quantitative estimate of drug-likeness (QED) is 0.728. The molecule has 2 aromatic rings. The number of nitrogens with zero attached hydrogens (tertiary/aromatic N) is 4. The van der Waals surface area contributed by atoms with Crippen molar-refractivity contribution in [2.24, 2.45) is 0 Å². The smallest absolute Gasteiger partial charge is 0.201 e. The number of rotatable bonds is 2. The molecule has 0 amide bonds. The summed E-state index contributed by atoms with van der Waals surface area (Å²) in [5.41, 5.74) is 2.72. The molecule has 0 saturated carbocycles. The Labute approximate surface area is 93.0 Å². The molecule has 1 saturated heterocycles. The molecule has 1 fully saturated rings. The third-order valence-corrected chi connectivity index (χ3v) is 2.85. The van der Waals surface area contributed by atoms with Gasteiger partial charge in [-0.25, -0.2) is 4.98 Å². The highest BCUT2D eigenvalue weighted by atomic mass is 15.3. The van der Waals surface area contributed by atoms with Gasteiger partial charge < -0.3 is 5.32 Å². The summed E-state index contributed by atoms with van der Waals surface area (Å²) in [6.45, 7) is 5.27. The molecule has 0 atom stereocenters. The monoisotopic (exact) mass is 218 g/mol. The molecule has 84 valence electrons. The van der Waals surface area contributed by atoms with Crippen molar-refractivity contribution in [1.82, 2.24) is 30.6 Å². The second-order valence-corrected chi connectivity index (χ2v) is 4.04. The molecule has 0 bridgehead atoms. The number of hydrogen-bond acceptors (Lipinski definition) is 5. The predicted molar refractivity (Wildman–Crippen MR) is 59.8 cm³/mol. The zero-order valence-electron chi connectivity index (χ0n) is 8.98. The van der Waals surface area contributed by atoms with Crippen molar-refractivity contribution in [3.8, 4) is 0 Å². The molecular formula is C10H14N6. The molecule has 16 heavy (non-hydrogen) atoms. The van der Waals surface area contributed by atoms with Gasteiger partial charge in [0.05, 0.1) is 0 Å². The van der Waals surface area contributed by atoms with Crippen LogP contribution in [0, 0.1) is 0 Å². The van der Waals surface area contributed by atoms with Crippen LogP contribution >= 0.6 is 0 Å². The van der Waals surface area contributed by atoms with E-state index < -0.39 is 0 Å². The SMILES string of the molecule is c1nc2n[nH]nc2cc1CN1CCNCC1. The first-order valence-electron chi connectivity index (χ1n) is 5.50. The van der Waals surface area contributed by atoms with Crippen LogP contribution in [0.2, 0.25) is 0 Å². The van der Waals surface area contributed by atoms with E-state index >= 15 is 0 Å². The first-order valence-corrected chi connectivity index (χ1v) is 5.50. The first kappa shape index (κ1) is 9.68. The van der Waals surface area contributed by atoms with Crippen LogP contribution < -0.4 is 5.32 Å². The maximum atomic E-state index is 4.26. The molecule has 3 rings (SSSR count). The van der Waals surface area contributed by atoms with Crippen molar-refractivity contribution in [3.05, 3.63) is 17.8 Å². The van der Waals surface area contributed by atoms with Gasteiger partial charge in [-0.2, -0.15) is 10.3 Å². The lowest BCUT2D eigenvalue weighted by Crippen LogP contribution is -2.42. The van der Waals surface area contributed by atoms with Crippen LogP contribution in [0.25, 0.3) is 11.2 Å². The van der Waals surface area contributed by atoms with Crippen LogP contribution in [0.15, 0.2) is 12.3 Å². The Balaban J connectivity index is 1.77. The zero-order valence-corrected chi connectivity index (χ0v) is 8.98. The molecule has 3 heterocycles. The molecule has 0 spiro atoms. The molecule has 1 aliphatic rings. The number of aromatic nitrogens is 4. The van der Waals surface area contributed by atoms with Gasteiger partial charge in [0.1, 0.15) is 5.52 Å². The van der Waals surface area contributed by atoms with Crippen molar-refractivity contribution in [2.45, 2.75) is 6.54 Å². The molecule has 0 unspecified atom stereocenters. The van der Waals surface area contributed by atoms with Gasteiger partial charge in [0.25, 0.3) is 0 Å². The highest BCUT2D eigenvalue weighted by molar-refractivity contribution is 5.68. The molecule has 6 heteroatoms. The molecule has 0 aromatic carbocycles. The summed E-state index contributed by atoms with van der Waals surface area (Å²) in [7, 11) is 0. The Morgan fingerprint density at radius 2 is 2.12 bits per heavy atom. The number of piperazine rings is 1. The predicted octanol–water partition coefficient (Wildman–Crippen LogP) is -0.242. The lowest BCUT2D eigenvalue weighted by molar-refractivity contribution is 0.233. The normalized spacial score (nSPS) is 18.0. The summed E-state index contributed by atoms with van der Waals surface area (Å²) in [6, 6.07) is 2.05. The zero-order chi connectivity index (χ0) is 10.8. The summed E-state index contributed by atoms with van der Waals surface area (Å²) in [5, 5.41) is 13.9. The minimum Gasteiger partial charge on any atom is -0.314 e. The molecule has 2 aromatic heterocycles. The first-order chi connectivity index (χ1) is 7.92. The number of pyridine rings is 1. The van der Waals surface area contributed by atoms with Crippen molar-refractivity contribution >= 4 is 11.2 Å². The van der Waals surface area contributed by atoms with Gasteiger partial charge in [0.15, 0.2) is 0 Å². The fourth-order valence-corrected chi connectivity index (χ4v) is 2.00. The topological polar surface area (TPSA) is 69.7 Å². The van der Waals surface area contributed by atoms with Crippen LogP contribution in [-0.4, -0.2) is 51.5 Å². The van der Waals surface area contributed by atoms with Crippen molar-refractivity contribution in [2.75, 3.05) is 26.2 Å². The van der Waals surface area contributed by atoms with E-state index in [4.69, 9.17) is 0 Å². The van der Waals surface area contributed by atoms with Gasteiger partial charge in [0.2, 0.25) is 5.65 Å². The average molecular weight is 218 g/mol. The number of nitrogens with one attached hydrogen (secondary N) is 2. The summed E-state index contributed by atoms with van der Waals surface area (Å²) < 4.78 is 0. The van der Waals surface area contributed by atoms with Crippen molar-refractivity contribution in [3.63, 3.8) is 0 Å². The second-order valence-electron chi connectivity index (χ2n) is 4.04. The Hall–Kier alpha value is -1.53. The Morgan fingerprint density at radius 3 is 3.00 bits per heavy atom. The van der Waals surface area contributed by atoms with Gasteiger partial charge in [-0.15, -0.1) is 5.10 Å². The lowest BCUT2D eigenvalue weighted by atomic mass is 10.2. The maximum absolute atomic E-state index is 4.26. The van der Waals surface area contributed by atoms with E-state index in [1.807, 2.05) is 12.3 Å². The van der Waals surface area contributed by atoms with Crippen LogP contribution in [0.4, 0.5) is 0 Å². The standard InChI is InChI=1S/C10H14N6/c1-3-16(4-2-11-1)7-8-5-9-10(12-6-8)14-15-13-9/h5-6,11H,1-4,7H2,(H,12,13,14,15). The largest absolute Gasteiger partial charge is 0.314 e. The van der Waals surface area contributed by atoms with Gasteiger partial charge >= 0.3 is 0 Å². The Morgan fingerprint density at radius 1 is 1.25 bits per heavy atom. The van der Waals surface area contributed by atoms with Crippen LogP contribution in [-0.2, 0) is 6.54 Å². The Kier molecular flexibility index (Phi) is 2.51. The molecular weight excluding hydrogens is 204 g/mol. The third kappa shape index (κ3) is 1.89. The van der Waals surface area contributed by atoms with E-state index in [0.29, 0.717) is 5.65 Å². The van der Waals surface area contributed by atoms with E-state index in [9.17, 15) is 0 Å². The van der Waals surface area contributed by atoms with Gasteiger partial charge in [0, 0.05) is 38.9 Å². The molecule has 6 nitrogen and oxygen atoms in total. The van der Waals surface area contributed by atoms with Gasteiger partial charge in [-0.1, -0.05) is 0 Å². The molecule has 0 aliphatic carbocycles. The number of hydrogen-bond donors (Lipinski definition) is 2. The summed E-state index contributed by atoms with van der Waals surface area (Å²) in [4.78, 5) is 6.68. The highest BCUT2D eigenvalue weighted by Gasteiger charge is 2.10. The van der Waals surface area contributed by atoms with Crippen molar-refractivity contribution < 1.29 is 0 Å². The molecule has 1 aliphatic heterocycles. The number of H-pyrrole nitrogens is 1. The van der Waals surface area contributed by atoms with E-state index in [1.54, 1.807) is 0 Å². The van der Waals surface area contributed by atoms with E-state index in [-0.39, 0.29) is 0 Å². The highest BCUT2D eigenvalue weighted by Crippen LogP contribution is 2.10. The van der Waals surface area contributed by atoms with Gasteiger partial charge in [-0.3, -0.25) is 4.90 Å². The summed E-state index contributed by atoms with van der Waals surface area (Å²) in [5.74, 6) is 0. The minimum absolute atomic E-state index is 0.684. The molecule has 2 N–H and O–H groups in total. The second kappa shape index (κ2) is 4.15. The lowest BCUT2D eigenvalue weighted by Gasteiger charge is -2.26. The third-order valence-electron chi connectivity index (χ3n) is 2.85. The Bertz CT molecular complexity index is 473. The fourth-order valence-electron chi connectivity index (χ4n) is 2.00. The maximum Gasteiger partial charge on any atom is 0.201 e. The van der Waals surface area contributed by atoms with E-state index in [1.165, 1.54) is 5.56 Å². The van der Waals surface area contributed by atoms with Crippen LogP contribution in [0.1, 0.15) is 5.56 Å². The van der Waals surface area contributed by atoms with E-state index in [0.717, 1.165) is 38.2 Å². The van der Waals surface area contributed by atoms with E-state index in [2.05, 4.69) is 30.6 Å². The van der Waals surface area contributed by atoms with Crippen LogP contribution in [0.5, 0.6) is 0 Å². The minimum atomic E-state index is 0.684. The van der Waals surface area contributed by atoms with Gasteiger partial charge in [-0.05, 0) is 11.6 Å². The number of fused-ring (bicyclic) bond motifs is 1. The van der Waals surface area contributed by atoms with Crippen molar-refractivity contribution in [1.29, 1.82) is 0 Å². The number of aromatic amines is 1. The van der Waals surface area contributed by atoms with Crippen LogP contribution in [0.3, 0.4) is 0 Å². The fraction of sp³-hybridized carbons (Fsp3) is 0.500. The average Bonchev–Trinajstić information content (AvgIpc) is 2.77. The molecule has 0 radical (unpaired) electrons.